The summed E-state index contributed by atoms with van der Waals surface area (Å²) in [6, 6.07) is 153. The molecule has 28 rings (SSSR count). The Hall–Kier alpha value is -15.4. The maximum Gasteiger partial charge on any atom is 0.0640 e. The number of hydrogen-bond donors (Lipinski definition) is 0. The van der Waals surface area contributed by atoms with Crippen LogP contribution in [0.5, 0.6) is 0 Å². The molecule has 28 aromatic rings. The van der Waals surface area contributed by atoms with E-state index in [9.17, 15) is 0 Å². The van der Waals surface area contributed by atoms with Crippen LogP contribution in [0.4, 0.5) is 0 Å². The maximum absolute atomic E-state index is 2.47. The van der Waals surface area contributed by atoms with E-state index in [-0.39, 0.29) is 0 Å². The van der Waals surface area contributed by atoms with Crippen LogP contribution in [0.2, 0.25) is 0 Å². The smallest absolute Gasteiger partial charge is 0.0640 e. The molecule has 6 nitrogen and oxygen atoms in total. The van der Waals surface area contributed by atoms with Crippen LogP contribution in [-0.2, 0) is 0 Å². The van der Waals surface area contributed by atoms with E-state index in [1.807, 2.05) is 34.0 Å². The first kappa shape index (κ1) is 68.5. The van der Waals surface area contributed by atoms with Gasteiger partial charge in [-0.25, -0.2) is 0 Å². The van der Waals surface area contributed by atoms with Gasteiger partial charge < -0.3 is 27.4 Å². The largest absolute Gasteiger partial charge is 0.309 e. The van der Waals surface area contributed by atoms with Crippen LogP contribution >= 0.6 is 34.0 Å². The number of fused-ring (bicyclic) bond motifs is 27. The molecule has 0 spiro atoms. The van der Waals surface area contributed by atoms with Crippen molar-refractivity contribution in [3.05, 3.63) is 413 Å². The van der Waals surface area contributed by atoms with E-state index in [1.165, 1.54) is 236 Å². The van der Waals surface area contributed by atoms with Crippen molar-refractivity contribution in [2.75, 3.05) is 0 Å². The lowest BCUT2D eigenvalue weighted by atomic mass is 10.0. The average Bonchev–Trinajstić information content (AvgIpc) is 1.58. The van der Waals surface area contributed by atoms with Crippen LogP contribution < -0.4 is 0 Å². The molecule has 0 unspecified atom stereocenters. The van der Waals surface area contributed by atoms with Crippen molar-refractivity contribution in [2.45, 2.75) is 0 Å². The van der Waals surface area contributed by atoms with Gasteiger partial charge in [0.1, 0.15) is 0 Å². The van der Waals surface area contributed by atoms with Crippen LogP contribution in [-0.4, -0.2) is 27.4 Å². The summed E-state index contributed by atoms with van der Waals surface area (Å²) in [5.41, 5.74) is 26.4. The Balaban J connectivity index is 0.000000130. The zero-order valence-corrected chi connectivity index (χ0v) is 68.6. The molecule has 9 heteroatoms. The lowest BCUT2D eigenvalue weighted by molar-refractivity contribution is 1.17. The van der Waals surface area contributed by atoms with E-state index in [2.05, 4.69) is 440 Å². The van der Waals surface area contributed by atoms with Gasteiger partial charge in [0.05, 0.1) is 76.6 Å². The van der Waals surface area contributed by atoms with E-state index >= 15 is 0 Å². The number of rotatable bonds is 8. The van der Waals surface area contributed by atoms with Gasteiger partial charge in [-0.15, -0.1) is 34.0 Å². The maximum atomic E-state index is 2.47. The molecule has 0 atom stereocenters. The van der Waals surface area contributed by atoms with E-state index < -0.39 is 0 Å². The van der Waals surface area contributed by atoms with E-state index in [0.717, 1.165) is 11.4 Å². The first-order chi connectivity index (χ1) is 61.0. The third-order valence-electron chi connectivity index (χ3n) is 26.1. The number of para-hydroxylation sites is 7. The van der Waals surface area contributed by atoms with Gasteiger partial charge >= 0.3 is 0 Å². The van der Waals surface area contributed by atoms with Gasteiger partial charge in [-0.1, -0.05) is 218 Å². The zero-order valence-electron chi connectivity index (χ0n) is 66.2. The van der Waals surface area contributed by atoms with Gasteiger partial charge in [-0.05, 0) is 216 Å². The van der Waals surface area contributed by atoms with Crippen molar-refractivity contribution in [1.82, 2.24) is 27.4 Å². The fraction of sp³-hybridized carbons (Fsp3) is 0. The molecule has 19 aromatic carbocycles. The molecule has 0 aliphatic rings. The van der Waals surface area contributed by atoms with Gasteiger partial charge in [-0.3, -0.25) is 0 Å². The van der Waals surface area contributed by atoms with Crippen LogP contribution in [0.25, 0.3) is 248 Å². The highest BCUT2D eigenvalue weighted by Gasteiger charge is 2.24. The molecule has 9 aromatic heterocycles. The molecule has 0 fully saturated rings. The van der Waals surface area contributed by atoms with E-state index in [1.54, 1.807) is 0 Å². The fourth-order valence-corrected chi connectivity index (χ4v) is 24.0. The molecule has 0 bridgehead atoms. The summed E-state index contributed by atoms with van der Waals surface area (Å²) < 4.78 is 22.5. The van der Waals surface area contributed by atoms with Crippen LogP contribution in [0, 0.1) is 0 Å². The predicted molar refractivity (Wildman–Crippen MR) is 528 cm³/mol. The van der Waals surface area contributed by atoms with Crippen LogP contribution in [0.15, 0.2) is 413 Å². The monoisotopic (exact) mass is 1620 g/mol. The summed E-state index contributed by atoms with van der Waals surface area (Å²) in [4.78, 5) is 0. The topological polar surface area (TPSA) is 29.6 Å². The lowest BCUT2D eigenvalue weighted by Crippen LogP contribution is -1.95. The first-order valence-corrected chi connectivity index (χ1v) is 44.5. The Morgan fingerprint density at radius 1 is 0.130 bits per heavy atom. The van der Waals surface area contributed by atoms with Gasteiger partial charge in [0.25, 0.3) is 0 Å². The molecule has 0 radical (unpaired) electrons. The molecule has 0 saturated carbocycles. The van der Waals surface area contributed by atoms with Crippen molar-refractivity contribution in [3.8, 4) is 56.4 Å². The molecule has 0 amide bonds. The SMILES string of the molecule is c1ccc(-n2c3ccccc3c3cc(-n4c5ccccc5c5cc(-c6ccc7c(c6)c6ccccc6n7-c6cccc7c6sc6ccccc67)ccc54)ccc32)cc1.c1ccc2c(c1)sc1ccc(-n3c4ccccc4c4cc(-c5ccc6c(c5)c5ccccc5n6-c5ccc6c(c5)c5ccccc5n6-c5ccc6sc7ccccc7c6c5)ccc43)cc12. The van der Waals surface area contributed by atoms with Crippen molar-refractivity contribution in [1.29, 1.82) is 0 Å². The second-order valence-electron chi connectivity index (χ2n) is 32.6. The predicted octanol–water partition coefficient (Wildman–Crippen LogP) is 32.4. The minimum absolute atomic E-state index is 1.15. The number of thiophene rings is 3. The number of hydrogen-bond acceptors (Lipinski definition) is 3. The summed E-state index contributed by atoms with van der Waals surface area (Å²) in [7, 11) is 0. The Morgan fingerprint density at radius 3 is 0.748 bits per heavy atom. The van der Waals surface area contributed by atoms with Crippen LogP contribution in [0.1, 0.15) is 0 Å². The van der Waals surface area contributed by atoms with Crippen molar-refractivity contribution >= 4 is 225 Å². The molecule has 0 aliphatic carbocycles. The third kappa shape index (κ3) is 10.2. The minimum atomic E-state index is 1.15. The Labute approximate surface area is 716 Å². The number of nitrogens with zero attached hydrogens (tertiary/aromatic N) is 6. The summed E-state index contributed by atoms with van der Waals surface area (Å²) in [5.74, 6) is 0. The van der Waals surface area contributed by atoms with E-state index in [4.69, 9.17) is 0 Å². The quantitative estimate of drug-likeness (QED) is 0.145. The Kier molecular flexibility index (Phi) is 14.8. The number of aromatic nitrogens is 6. The van der Waals surface area contributed by atoms with E-state index in [0.29, 0.717) is 0 Å². The summed E-state index contributed by atoms with van der Waals surface area (Å²) in [6.07, 6.45) is 0. The molecule has 0 saturated heterocycles. The standard InChI is InChI=1S/C60H35N3S2.C54H33N3S/c1-6-16-51-41(11-1)46-31-36(37-22-27-55-47(32-37)42-12-2-7-17-52(42)62(55)39-24-29-59-49(34-39)44-14-4-9-19-57(44)64-59)21-26-54(46)61(51)38-23-28-56-48(33-38)43-13-3-8-18-53(43)63(56)40-25-30-60-50(35-40)45-15-5-10-20-58(45)65-60;1-2-13-36(14-3-1)55-46-20-8-5-17-40(46)45-33-37(27-30-50(45)55)56-47-21-9-4-15-38(47)43-31-34(25-28-49(43)56)35-26-29-51-44(32-35)39-16-6-10-22-48(39)57(51)52-23-12-19-42-41-18-7-11-24-53(41)58-54(42)52/h1-35H;1-33H. The molecule has 572 valence electrons. The third-order valence-corrected chi connectivity index (χ3v) is 29.6. The fourth-order valence-electron chi connectivity index (χ4n) is 20.7. The van der Waals surface area contributed by atoms with Gasteiger partial charge in [0.15, 0.2) is 0 Å². The summed E-state index contributed by atoms with van der Waals surface area (Å²) >= 11 is 5.61. The highest BCUT2D eigenvalue weighted by Crippen LogP contribution is 2.48. The second kappa shape index (κ2) is 26.6. The van der Waals surface area contributed by atoms with Crippen molar-refractivity contribution in [3.63, 3.8) is 0 Å². The van der Waals surface area contributed by atoms with Crippen molar-refractivity contribution in [2.24, 2.45) is 0 Å². The normalized spacial score (nSPS) is 12.2. The molecule has 123 heavy (non-hydrogen) atoms. The molecule has 9 heterocycles. The summed E-state index contributed by atoms with van der Waals surface area (Å²) in [6.45, 7) is 0. The van der Waals surface area contributed by atoms with Gasteiger partial charge in [0.2, 0.25) is 0 Å². The average molecular weight is 1620 g/mol. The lowest BCUT2D eigenvalue weighted by Gasteiger charge is -2.11. The molecule has 0 aliphatic heterocycles. The van der Waals surface area contributed by atoms with Crippen LogP contribution in [0.3, 0.4) is 0 Å². The van der Waals surface area contributed by atoms with Gasteiger partial charge in [0, 0.05) is 149 Å². The Morgan fingerprint density at radius 2 is 0.374 bits per heavy atom. The Bertz CT molecular complexity index is 9370. The van der Waals surface area contributed by atoms with Gasteiger partial charge in [-0.2, -0.15) is 0 Å². The van der Waals surface area contributed by atoms with Crippen molar-refractivity contribution < 1.29 is 0 Å². The zero-order chi connectivity index (χ0) is 80.2. The minimum Gasteiger partial charge on any atom is -0.309 e. The molecular formula is C114H68N6S3. The first-order valence-electron chi connectivity index (χ1n) is 42.0. The molecule has 0 N–H and O–H groups in total. The molecular weight excluding hydrogens is 1550 g/mol. The highest BCUT2D eigenvalue weighted by atomic mass is 32.1. The number of benzene rings is 19. The second-order valence-corrected chi connectivity index (χ2v) is 35.8. The summed E-state index contributed by atoms with van der Waals surface area (Å²) in [5, 5.41) is 22.9. The highest BCUT2D eigenvalue weighted by molar-refractivity contribution is 7.26.